The average molecular weight is 495 g/mol. The van der Waals surface area contributed by atoms with Crippen molar-refractivity contribution < 1.29 is 32.3 Å². The number of amides is 2. The summed E-state index contributed by atoms with van der Waals surface area (Å²) in [5.41, 5.74) is 0.350. The van der Waals surface area contributed by atoms with E-state index in [0.29, 0.717) is 18.0 Å². The highest BCUT2D eigenvalue weighted by Gasteiger charge is 2.36. The molecule has 0 atom stereocenters. The number of hydrogen-bond donors (Lipinski definition) is 1. The number of fused-ring (bicyclic) bond motifs is 2. The molecule has 1 aliphatic rings. The maximum Gasteiger partial charge on any atom is 0.337 e. The normalized spacial score (nSPS) is 13.8. The molecule has 10 heteroatoms. The number of hydrogen-bond acceptors (Lipinski definition) is 7. The molecule has 0 saturated heterocycles. The van der Waals surface area contributed by atoms with Gasteiger partial charge in [-0.25, -0.2) is 13.2 Å². The minimum absolute atomic E-state index is 0.0390. The summed E-state index contributed by atoms with van der Waals surface area (Å²) in [6, 6.07) is 16.2. The number of carbonyl (C=O) groups is 3. The number of nitrogens with one attached hydrogen (secondary N) is 1. The van der Waals surface area contributed by atoms with E-state index in [1.807, 2.05) is 6.92 Å². The molecule has 3 aromatic rings. The van der Waals surface area contributed by atoms with E-state index >= 15 is 0 Å². The van der Waals surface area contributed by atoms with Crippen molar-refractivity contribution in [2.45, 2.75) is 16.7 Å². The molecule has 0 bridgehead atoms. The van der Waals surface area contributed by atoms with Crippen LogP contribution in [0.4, 0.5) is 11.4 Å². The van der Waals surface area contributed by atoms with Crippen LogP contribution in [0.15, 0.2) is 76.5 Å². The molecule has 0 unspecified atom stereocenters. The number of anilines is 2. The summed E-state index contributed by atoms with van der Waals surface area (Å²) >= 11 is 0. The van der Waals surface area contributed by atoms with Crippen molar-refractivity contribution in [1.29, 1.82) is 0 Å². The Kier molecular flexibility index (Phi) is 6.57. The molecule has 1 N–H and O–H groups in total. The molecule has 0 aliphatic carbocycles. The van der Waals surface area contributed by atoms with Crippen LogP contribution in [0.25, 0.3) is 0 Å². The van der Waals surface area contributed by atoms with E-state index in [2.05, 4.69) is 5.32 Å². The number of nitrogens with zero attached hydrogens (tertiary/aromatic N) is 1. The van der Waals surface area contributed by atoms with Crippen molar-refractivity contribution in [1.82, 2.24) is 0 Å². The zero-order valence-corrected chi connectivity index (χ0v) is 19.8. The number of methoxy groups -OCH3 is 1. The van der Waals surface area contributed by atoms with Gasteiger partial charge in [-0.15, -0.1) is 0 Å². The Morgan fingerprint density at radius 1 is 0.971 bits per heavy atom. The number of ether oxygens (including phenoxy) is 2. The number of esters is 1. The smallest absolute Gasteiger partial charge is 0.337 e. The summed E-state index contributed by atoms with van der Waals surface area (Å²) < 4.78 is 37.0. The van der Waals surface area contributed by atoms with Gasteiger partial charge in [-0.1, -0.05) is 12.1 Å². The Labute approximate surface area is 202 Å². The van der Waals surface area contributed by atoms with Gasteiger partial charge in [-0.3, -0.25) is 14.5 Å². The fraction of sp³-hybridized carbons (Fsp3) is 0.160. The van der Waals surface area contributed by atoms with Crippen LogP contribution in [-0.4, -0.2) is 46.5 Å². The second-order valence-electron chi connectivity index (χ2n) is 7.57. The first-order valence-electron chi connectivity index (χ1n) is 10.7. The molecule has 1 heterocycles. The third-order valence-corrected chi connectivity index (χ3v) is 7.22. The molecule has 35 heavy (non-hydrogen) atoms. The van der Waals surface area contributed by atoms with Crippen LogP contribution in [0, 0.1) is 0 Å². The maximum absolute atomic E-state index is 13.5. The van der Waals surface area contributed by atoms with Gasteiger partial charge in [0.1, 0.15) is 12.3 Å². The minimum atomic E-state index is -4.12. The van der Waals surface area contributed by atoms with Gasteiger partial charge in [0.2, 0.25) is 15.7 Å². The van der Waals surface area contributed by atoms with Crippen LogP contribution in [0.2, 0.25) is 0 Å². The fourth-order valence-corrected chi connectivity index (χ4v) is 5.38. The van der Waals surface area contributed by atoms with Crippen molar-refractivity contribution in [3.63, 3.8) is 0 Å². The summed E-state index contributed by atoms with van der Waals surface area (Å²) in [6.07, 6.45) is 0. The maximum atomic E-state index is 13.5. The van der Waals surface area contributed by atoms with Crippen LogP contribution >= 0.6 is 0 Å². The molecule has 2 amide bonds. The van der Waals surface area contributed by atoms with E-state index in [4.69, 9.17) is 9.47 Å². The van der Waals surface area contributed by atoms with Gasteiger partial charge >= 0.3 is 5.97 Å². The van der Waals surface area contributed by atoms with Crippen LogP contribution in [0.1, 0.15) is 27.6 Å². The van der Waals surface area contributed by atoms with Gasteiger partial charge in [0.15, 0.2) is 0 Å². The number of sulfone groups is 1. The van der Waals surface area contributed by atoms with E-state index in [0.717, 1.165) is 4.90 Å². The van der Waals surface area contributed by atoms with E-state index in [-0.39, 0.29) is 26.6 Å². The molecule has 180 valence electrons. The van der Waals surface area contributed by atoms with E-state index < -0.39 is 34.2 Å². The Bertz CT molecular complexity index is 1420. The Morgan fingerprint density at radius 2 is 1.69 bits per heavy atom. The molecule has 0 radical (unpaired) electrons. The lowest BCUT2D eigenvalue weighted by atomic mass is 10.1. The highest BCUT2D eigenvalue weighted by Crippen LogP contribution is 2.37. The van der Waals surface area contributed by atoms with E-state index in [9.17, 15) is 22.8 Å². The van der Waals surface area contributed by atoms with Crippen molar-refractivity contribution >= 4 is 39.0 Å². The summed E-state index contributed by atoms with van der Waals surface area (Å²) in [4.78, 5) is 39.2. The van der Waals surface area contributed by atoms with Crippen LogP contribution in [0.3, 0.4) is 0 Å². The summed E-state index contributed by atoms with van der Waals surface area (Å²) in [7, 11) is -2.93. The zero-order valence-electron chi connectivity index (χ0n) is 19.0. The van der Waals surface area contributed by atoms with Gasteiger partial charge in [0, 0.05) is 5.69 Å². The second-order valence-corrected chi connectivity index (χ2v) is 9.46. The van der Waals surface area contributed by atoms with E-state index in [1.54, 1.807) is 30.3 Å². The quantitative estimate of drug-likeness (QED) is 0.522. The predicted octanol–water partition coefficient (Wildman–Crippen LogP) is 3.30. The lowest BCUT2D eigenvalue weighted by Gasteiger charge is -2.22. The largest absolute Gasteiger partial charge is 0.494 e. The number of rotatable bonds is 6. The second kappa shape index (κ2) is 9.59. The fourth-order valence-electron chi connectivity index (χ4n) is 3.75. The third-order valence-electron chi connectivity index (χ3n) is 5.36. The SMILES string of the molecule is CCOc1ccc(NC(=O)CN2C(=O)c3ccccc3S(=O)(=O)c3ccc(C(=O)OC)cc32)cc1. The van der Waals surface area contributed by atoms with Crippen molar-refractivity contribution in [2.24, 2.45) is 0 Å². The van der Waals surface area contributed by atoms with Gasteiger partial charge < -0.3 is 14.8 Å². The molecule has 0 saturated carbocycles. The molecular formula is C25H22N2O7S. The van der Waals surface area contributed by atoms with Crippen molar-refractivity contribution in [2.75, 3.05) is 30.5 Å². The average Bonchev–Trinajstić information content (AvgIpc) is 2.93. The number of carbonyl (C=O) groups excluding carboxylic acids is 3. The van der Waals surface area contributed by atoms with Crippen LogP contribution in [-0.2, 0) is 19.4 Å². The predicted molar refractivity (Wildman–Crippen MR) is 128 cm³/mol. The molecule has 3 aromatic carbocycles. The van der Waals surface area contributed by atoms with E-state index in [1.165, 1.54) is 43.5 Å². The Balaban J connectivity index is 1.75. The first-order valence-corrected chi connectivity index (χ1v) is 12.2. The highest BCUT2D eigenvalue weighted by atomic mass is 32.2. The lowest BCUT2D eigenvalue weighted by Crippen LogP contribution is -2.38. The Hall–Kier alpha value is -4.18. The topological polar surface area (TPSA) is 119 Å². The summed E-state index contributed by atoms with van der Waals surface area (Å²) in [6.45, 7) is 1.86. The molecule has 0 aromatic heterocycles. The molecular weight excluding hydrogens is 472 g/mol. The lowest BCUT2D eigenvalue weighted by molar-refractivity contribution is -0.114. The minimum Gasteiger partial charge on any atom is -0.494 e. The first-order chi connectivity index (χ1) is 16.8. The summed E-state index contributed by atoms with van der Waals surface area (Å²) in [5, 5.41) is 2.69. The molecule has 4 rings (SSSR count). The highest BCUT2D eigenvalue weighted by molar-refractivity contribution is 7.91. The van der Waals surface area contributed by atoms with Crippen LogP contribution in [0.5, 0.6) is 5.75 Å². The zero-order chi connectivity index (χ0) is 25.2. The molecule has 1 aliphatic heterocycles. The molecule has 0 fully saturated rings. The monoisotopic (exact) mass is 494 g/mol. The van der Waals surface area contributed by atoms with Crippen LogP contribution < -0.4 is 15.0 Å². The van der Waals surface area contributed by atoms with Crippen molar-refractivity contribution in [3.8, 4) is 5.75 Å². The van der Waals surface area contributed by atoms with Crippen molar-refractivity contribution in [3.05, 3.63) is 77.9 Å². The van der Waals surface area contributed by atoms with Gasteiger partial charge in [-0.05, 0) is 61.5 Å². The van der Waals surface area contributed by atoms with Gasteiger partial charge in [0.25, 0.3) is 5.91 Å². The Morgan fingerprint density at radius 3 is 2.37 bits per heavy atom. The third kappa shape index (κ3) is 4.60. The molecule has 9 nitrogen and oxygen atoms in total. The summed E-state index contributed by atoms with van der Waals surface area (Å²) in [5.74, 6) is -1.32. The van der Waals surface area contributed by atoms with Gasteiger partial charge in [0.05, 0.1) is 40.3 Å². The van der Waals surface area contributed by atoms with Gasteiger partial charge in [-0.2, -0.15) is 0 Å². The first kappa shape index (κ1) is 24.0. The standard InChI is InChI=1S/C25H22N2O7S/c1-3-34-18-11-9-17(10-12-18)26-23(28)15-27-20-14-16(25(30)33-2)8-13-22(20)35(31,32)21-7-5-4-6-19(21)24(27)29/h4-14H,3,15H2,1-2H3,(H,26,28). The number of benzene rings is 3. The molecule has 0 spiro atoms.